The smallest absolute Gasteiger partial charge is 0.0462 e. The fourth-order valence-corrected chi connectivity index (χ4v) is 15.5. The highest BCUT2D eigenvalue weighted by atomic mass is 32.2. The zero-order chi connectivity index (χ0) is 73.1. The molecule has 0 fully saturated rings. The van der Waals surface area contributed by atoms with Crippen LogP contribution in [0.3, 0.4) is 0 Å². The highest BCUT2D eigenvalue weighted by molar-refractivity contribution is 7.99. The third kappa shape index (κ3) is 18.8. The van der Waals surface area contributed by atoms with Gasteiger partial charge in [0.25, 0.3) is 0 Å². The molecule has 106 heavy (non-hydrogen) atoms. The van der Waals surface area contributed by atoms with Gasteiger partial charge in [-0.25, -0.2) is 0 Å². The van der Waals surface area contributed by atoms with E-state index in [1.165, 1.54) is 40.5 Å². The second-order valence-electron chi connectivity index (χ2n) is 25.0. The third-order valence-electron chi connectivity index (χ3n) is 18.5. The Morgan fingerprint density at radius 3 is 0.481 bits per heavy atom. The van der Waals surface area contributed by atoms with Crippen LogP contribution in [0.2, 0.25) is 0 Å². The molecule has 0 heterocycles. The Bertz CT molecular complexity index is 4280. The summed E-state index contributed by atoms with van der Waals surface area (Å²) >= 11 is 19.7. The number of benzene rings is 13. The van der Waals surface area contributed by atoms with Crippen molar-refractivity contribution in [3.63, 3.8) is 0 Å². The zero-order valence-electron chi connectivity index (χ0n) is 60.0. The van der Waals surface area contributed by atoms with Gasteiger partial charge in [0.1, 0.15) is 0 Å². The highest BCUT2D eigenvalue weighted by Gasteiger charge is 2.19. The Balaban J connectivity index is 0.906. The molecule has 0 N–H and O–H groups in total. The van der Waals surface area contributed by atoms with Crippen molar-refractivity contribution in [2.75, 3.05) is 57.1 Å². The number of hydrogen-bond acceptors (Lipinski definition) is 12. The van der Waals surface area contributed by atoms with E-state index in [0.29, 0.717) is 11.5 Å². The molecule has 0 aliphatic heterocycles. The van der Waals surface area contributed by atoms with E-state index in [1.807, 2.05) is 0 Å². The van der Waals surface area contributed by atoms with Gasteiger partial charge in [-0.2, -0.15) is 25.3 Å². The molecule has 13 aromatic carbocycles. The lowest BCUT2D eigenvalue weighted by Gasteiger charge is -2.26. The van der Waals surface area contributed by atoms with Gasteiger partial charge in [-0.05, 0) is 324 Å². The highest BCUT2D eigenvalue weighted by Crippen LogP contribution is 2.42. The summed E-state index contributed by atoms with van der Waals surface area (Å²) in [6.45, 7) is 0. The topological polar surface area (TPSA) is 13.0 Å². The van der Waals surface area contributed by atoms with Gasteiger partial charge < -0.3 is 19.6 Å². The number of anilines is 12. The molecule has 0 aliphatic carbocycles. The maximum absolute atomic E-state index is 4.58. The molecule has 526 valence electrons. The molecule has 0 unspecified atom stereocenters. The van der Waals surface area contributed by atoms with E-state index in [9.17, 15) is 0 Å². The van der Waals surface area contributed by atoms with Crippen molar-refractivity contribution in [3.05, 3.63) is 359 Å². The van der Waals surface area contributed by atoms with Crippen molar-refractivity contribution < 1.29 is 0 Å². The second-order valence-corrected chi connectivity index (χ2v) is 30.9. The van der Waals surface area contributed by atoms with Crippen molar-refractivity contribution in [1.29, 1.82) is 0 Å². The van der Waals surface area contributed by atoms with Gasteiger partial charge in [0.15, 0.2) is 0 Å². The van der Waals surface area contributed by atoms with Crippen LogP contribution in [0, 0.1) is 0 Å². The Hall–Kier alpha value is -9.18. The molecular weight excluding hydrogens is 1440 g/mol. The van der Waals surface area contributed by atoms with Crippen LogP contribution in [0.15, 0.2) is 333 Å². The van der Waals surface area contributed by atoms with Crippen LogP contribution < -0.4 is 19.6 Å². The quantitative estimate of drug-likeness (QED) is 0.0278. The number of thiol groups is 2. The lowest BCUT2D eigenvalue weighted by molar-refractivity contribution is 1.26. The van der Waals surface area contributed by atoms with Gasteiger partial charge in [-0.15, -0.1) is 70.6 Å². The lowest BCUT2D eigenvalue weighted by Crippen LogP contribution is -2.09. The first-order valence-corrected chi connectivity index (χ1v) is 43.5. The summed E-state index contributed by atoms with van der Waals surface area (Å²) < 4.78 is 0. The maximum Gasteiger partial charge on any atom is 0.0462 e. The number of rotatable bonds is 28. The first kappa shape index (κ1) is 75.1. The summed E-state index contributed by atoms with van der Waals surface area (Å²) in [4.78, 5) is 16.7. The second kappa shape index (κ2) is 36.9. The molecule has 12 heteroatoms. The van der Waals surface area contributed by atoms with Crippen molar-refractivity contribution in [2.24, 2.45) is 0 Å². The molecule has 0 aliphatic rings. The Morgan fingerprint density at radius 1 is 0.198 bits per heavy atom. The van der Waals surface area contributed by atoms with Crippen molar-refractivity contribution >= 4 is 213 Å². The van der Waals surface area contributed by atoms with E-state index in [2.05, 4.69) is 434 Å². The summed E-state index contributed by atoms with van der Waals surface area (Å²) in [5, 5.41) is 0. The largest absolute Gasteiger partial charge is 0.311 e. The first-order valence-electron chi connectivity index (χ1n) is 34.9. The van der Waals surface area contributed by atoms with E-state index >= 15 is 0 Å². The summed E-state index contributed by atoms with van der Waals surface area (Å²) in [5.41, 5.74) is 24.0. The van der Waals surface area contributed by atoms with E-state index in [-0.39, 0.29) is 0 Å². The minimum Gasteiger partial charge on any atom is -0.311 e. The average molecular weight is 1520 g/mol. The standard InChI is InChI=1S/C94H82N4S8/c1-101-89-51-39-83(40-52-89)95(81-35-19-71(65-99)20-36-81)77-27-11-67(12-28-77)7-23-73-63-75(25-9-69-15-31-79(32-16-69)97(85-43-55-91(103-3)56-44-85)86-45-57-92(104-4)58-46-86)76(26-10-70-17-33-80(34-18-70)98(87-47-59-93(105-5)60-48-87)88-49-61-94(106-6)62-50-88)64-74(73)24-8-68-13-29-78(30-14-68)96(82-37-21-72(66-100)22-38-82)84-41-53-90(102-2)54-42-84/h7-64,99-100H,65-66H2,1-6H3/b23-7+,24-8+,25-9+,26-10+. The molecule has 0 amide bonds. The number of hydrogen-bond donors (Lipinski definition) is 2. The van der Waals surface area contributed by atoms with Gasteiger partial charge in [0, 0.05) is 109 Å². The molecule has 0 bridgehead atoms. The van der Waals surface area contributed by atoms with Crippen LogP contribution in [0.25, 0.3) is 48.6 Å². The molecule has 0 saturated carbocycles. The summed E-state index contributed by atoms with van der Waals surface area (Å²) in [5.74, 6) is 1.36. The molecule has 0 radical (unpaired) electrons. The van der Waals surface area contributed by atoms with Gasteiger partial charge in [0.2, 0.25) is 0 Å². The fourth-order valence-electron chi connectivity index (χ4n) is 12.6. The molecule has 0 aromatic heterocycles. The maximum atomic E-state index is 4.58. The summed E-state index contributed by atoms with van der Waals surface area (Å²) in [6.07, 6.45) is 30.8. The number of thioether (sulfide) groups is 6. The van der Waals surface area contributed by atoms with Crippen LogP contribution >= 0.6 is 95.8 Å². The normalized spacial score (nSPS) is 11.5. The molecule has 13 aromatic rings. The van der Waals surface area contributed by atoms with Crippen LogP contribution in [0.1, 0.15) is 55.6 Å². The van der Waals surface area contributed by atoms with E-state index in [0.717, 1.165) is 113 Å². The Labute approximate surface area is 663 Å². The van der Waals surface area contributed by atoms with Gasteiger partial charge in [-0.3, -0.25) is 0 Å². The average Bonchev–Trinajstić information content (AvgIpc) is 0.824. The zero-order valence-corrected chi connectivity index (χ0v) is 66.7. The SMILES string of the molecule is CSc1ccc(N(c2ccc(/C=C/c3cc(/C=C/c4ccc(N(c5ccc(SC)cc5)c5ccc(SC)cc5)cc4)c(/C=C/c4ccc(N(c5ccc(SC)cc5)c5ccc(SC)cc5)cc4)cc3/C=C/c3ccc(N(c4ccc(CS)cc4)c4ccc(SC)cc4)cc3)cc2)c2ccc(CS)cc2)cc1. The molecule has 4 nitrogen and oxygen atoms in total. The van der Waals surface area contributed by atoms with Gasteiger partial charge in [0.05, 0.1) is 0 Å². The monoisotopic (exact) mass is 1520 g/mol. The van der Waals surface area contributed by atoms with Crippen molar-refractivity contribution in [1.82, 2.24) is 0 Å². The fraction of sp³-hybridized carbons (Fsp3) is 0.0851. The predicted molar refractivity (Wildman–Crippen MR) is 483 cm³/mol. The molecule has 0 saturated heterocycles. The van der Waals surface area contributed by atoms with E-state index in [1.54, 1.807) is 70.6 Å². The third-order valence-corrected chi connectivity index (χ3v) is 23.6. The van der Waals surface area contributed by atoms with Gasteiger partial charge >= 0.3 is 0 Å². The predicted octanol–water partition coefficient (Wildman–Crippen LogP) is 29.4. The number of nitrogens with zero attached hydrogens (tertiary/aromatic N) is 4. The Kier molecular flexibility index (Phi) is 26.1. The summed E-state index contributed by atoms with van der Waals surface area (Å²) in [7, 11) is 0. The summed E-state index contributed by atoms with van der Waals surface area (Å²) in [6, 6.07) is 111. The molecule has 13 rings (SSSR count). The van der Waals surface area contributed by atoms with Gasteiger partial charge in [-0.1, -0.05) is 121 Å². The van der Waals surface area contributed by atoms with Crippen LogP contribution in [-0.2, 0) is 11.5 Å². The van der Waals surface area contributed by atoms with E-state index in [4.69, 9.17) is 0 Å². The first-order chi connectivity index (χ1) is 52.1. The van der Waals surface area contributed by atoms with E-state index < -0.39 is 0 Å². The molecular formula is C94H82N4S8. The van der Waals surface area contributed by atoms with Crippen LogP contribution in [-0.4, -0.2) is 37.5 Å². The Morgan fingerprint density at radius 2 is 0.340 bits per heavy atom. The molecule has 0 atom stereocenters. The minimum absolute atomic E-state index is 0.682. The minimum atomic E-state index is 0.682. The van der Waals surface area contributed by atoms with Crippen molar-refractivity contribution in [2.45, 2.75) is 40.9 Å². The lowest BCUT2D eigenvalue weighted by atomic mass is 9.95. The van der Waals surface area contributed by atoms with Crippen LogP contribution in [0.4, 0.5) is 68.2 Å². The van der Waals surface area contributed by atoms with Crippen LogP contribution in [0.5, 0.6) is 0 Å². The molecule has 0 spiro atoms. The van der Waals surface area contributed by atoms with Crippen molar-refractivity contribution in [3.8, 4) is 0 Å².